The molecule has 0 aromatic carbocycles. The van der Waals surface area contributed by atoms with Crippen molar-refractivity contribution in [1.82, 2.24) is 15.2 Å². The molecule has 124 valence electrons. The van der Waals surface area contributed by atoms with Gasteiger partial charge in [-0.25, -0.2) is 0 Å². The van der Waals surface area contributed by atoms with Crippen molar-refractivity contribution in [2.45, 2.75) is 26.3 Å². The molecule has 0 fully saturated rings. The maximum atomic E-state index is 11.2. The molecule has 0 spiro atoms. The number of aromatic nitrogens is 1. The molecule has 8 heteroatoms. The van der Waals surface area contributed by atoms with Gasteiger partial charge in [0.25, 0.3) is 0 Å². The van der Waals surface area contributed by atoms with Crippen molar-refractivity contribution in [3.8, 4) is 0 Å². The van der Waals surface area contributed by atoms with Gasteiger partial charge in [0.05, 0.1) is 18.2 Å². The van der Waals surface area contributed by atoms with Crippen LogP contribution in [-0.2, 0) is 23.1 Å². The van der Waals surface area contributed by atoms with Gasteiger partial charge in [0.1, 0.15) is 5.15 Å². The fourth-order valence-electron chi connectivity index (χ4n) is 1.83. The molecule has 22 heavy (non-hydrogen) atoms. The van der Waals surface area contributed by atoms with Gasteiger partial charge >= 0.3 is 5.97 Å². The van der Waals surface area contributed by atoms with Gasteiger partial charge in [-0.05, 0) is 19.4 Å². The molecule has 0 amide bonds. The molecule has 0 aliphatic carbocycles. The number of carbonyl (C=O) groups excluding carboxylic acids is 1. The van der Waals surface area contributed by atoms with E-state index in [1.165, 1.54) is 0 Å². The van der Waals surface area contributed by atoms with Crippen LogP contribution in [0.25, 0.3) is 0 Å². The summed E-state index contributed by atoms with van der Waals surface area (Å²) in [4.78, 5) is 15.3. The van der Waals surface area contributed by atoms with Crippen molar-refractivity contribution in [2.75, 3.05) is 20.2 Å². The molecule has 2 N–H and O–H groups in total. The summed E-state index contributed by atoms with van der Waals surface area (Å²) in [6.45, 7) is 3.38. The van der Waals surface area contributed by atoms with Crippen molar-refractivity contribution >= 4 is 35.1 Å². The van der Waals surface area contributed by atoms with Crippen LogP contribution in [0.5, 0.6) is 0 Å². The van der Waals surface area contributed by atoms with Crippen molar-refractivity contribution in [3.63, 3.8) is 0 Å². The summed E-state index contributed by atoms with van der Waals surface area (Å²) in [5.41, 5.74) is 0.949. The number of ether oxygens (including phenoxy) is 1. The van der Waals surface area contributed by atoms with Gasteiger partial charge < -0.3 is 19.9 Å². The minimum Gasteiger partial charge on any atom is -0.466 e. The highest BCUT2D eigenvalue weighted by Gasteiger charge is 2.09. The van der Waals surface area contributed by atoms with Crippen molar-refractivity contribution < 1.29 is 9.53 Å². The first-order chi connectivity index (χ1) is 10.5. The molecule has 1 rings (SSSR count). The molecule has 1 heterocycles. The third kappa shape index (κ3) is 5.77. The minimum absolute atomic E-state index is 0.180. The topological polar surface area (TPSA) is 67.7 Å². The van der Waals surface area contributed by atoms with Gasteiger partial charge in [-0.3, -0.25) is 9.79 Å². The van der Waals surface area contributed by atoms with E-state index in [1.54, 1.807) is 14.0 Å². The van der Waals surface area contributed by atoms with Crippen LogP contribution >= 0.6 is 23.2 Å². The third-order valence-electron chi connectivity index (χ3n) is 3.03. The highest BCUT2D eigenvalue weighted by molar-refractivity contribution is 6.41. The first-order valence-electron chi connectivity index (χ1n) is 7.09. The Balaban J connectivity index is 2.34. The Kier molecular flexibility index (Phi) is 8.12. The standard InChI is InChI=1S/C14H22Cl2N4O2/c1-4-22-12(21)6-5-7-18-14(17-2)19-9-10-8-11(15)13(16)20(10)3/h8H,4-7,9H2,1-3H3,(H2,17,18,19). The number of esters is 1. The zero-order valence-corrected chi connectivity index (χ0v) is 14.6. The van der Waals surface area contributed by atoms with Crippen LogP contribution in [0.1, 0.15) is 25.5 Å². The highest BCUT2D eigenvalue weighted by Crippen LogP contribution is 2.24. The molecule has 0 aliphatic rings. The number of halogens is 2. The molecule has 0 saturated carbocycles. The third-order valence-corrected chi connectivity index (χ3v) is 3.87. The average Bonchev–Trinajstić information content (AvgIpc) is 2.74. The Hall–Kier alpha value is -1.40. The average molecular weight is 349 g/mol. The van der Waals surface area contributed by atoms with Crippen molar-refractivity contribution in [3.05, 3.63) is 21.9 Å². The van der Waals surface area contributed by atoms with E-state index in [2.05, 4.69) is 15.6 Å². The number of aliphatic imine (C=N–C) groups is 1. The van der Waals surface area contributed by atoms with Crippen molar-refractivity contribution in [1.29, 1.82) is 0 Å². The predicted octanol–water partition coefficient (Wildman–Crippen LogP) is 2.34. The zero-order valence-electron chi connectivity index (χ0n) is 13.1. The van der Waals surface area contributed by atoms with E-state index in [4.69, 9.17) is 27.9 Å². The lowest BCUT2D eigenvalue weighted by atomic mass is 10.3. The molecule has 0 atom stereocenters. The highest BCUT2D eigenvalue weighted by atomic mass is 35.5. The van der Waals surface area contributed by atoms with Gasteiger partial charge in [0.15, 0.2) is 5.96 Å². The number of nitrogens with one attached hydrogen (secondary N) is 2. The molecule has 1 aromatic heterocycles. The number of hydrogen-bond acceptors (Lipinski definition) is 3. The number of rotatable bonds is 7. The number of nitrogens with zero attached hydrogens (tertiary/aromatic N) is 2. The fraction of sp³-hybridized carbons (Fsp3) is 0.571. The summed E-state index contributed by atoms with van der Waals surface area (Å²) in [5, 5.41) is 7.34. The Morgan fingerprint density at radius 3 is 2.68 bits per heavy atom. The Labute approximate surface area is 140 Å². The molecule has 0 radical (unpaired) electrons. The second-order valence-electron chi connectivity index (χ2n) is 4.59. The Bertz CT molecular complexity index is 529. The molecule has 0 unspecified atom stereocenters. The monoisotopic (exact) mass is 348 g/mol. The normalized spacial score (nSPS) is 11.4. The molecular weight excluding hydrogens is 327 g/mol. The Morgan fingerprint density at radius 1 is 1.41 bits per heavy atom. The lowest BCUT2D eigenvalue weighted by Crippen LogP contribution is -2.37. The zero-order chi connectivity index (χ0) is 16.5. The van der Waals surface area contributed by atoms with Crippen LogP contribution in [0.15, 0.2) is 11.1 Å². The molecule has 0 saturated heterocycles. The van der Waals surface area contributed by atoms with Crippen molar-refractivity contribution in [2.24, 2.45) is 12.0 Å². The maximum Gasteiger partial charge on any atom is 0.305 e. The van der Waals surface area contributed by atoms with Crippen LogP contribution in [0.3, 0.4) is 0 Å². The van der Waals surface area contributed by atoms with Gasteiger partial charge in [0.2, 0.25) is 0 Å². The lowest BCUT2D eigenvalue weighted by molar-refractivity contribution is -0.143. The van der Waals surface area contributed by atoms with E-state index >= 15 is 0 Å². The first kappa shape index (κ1) is 18.6. The number of hydrogen-bond donors (Lipinski definition) is 2. The molecule has 0 aliphatic heterocycles. The first-order valence-corrected chi connectivity index (χ1v) is 7.84. The minimum atomic E-state index is -0.180. The summed E-state index contributed by atoms with van der Waals surface area (Å²) in [7, 11) is 3.53. The van der Waals surface area contributed by atoms with E-state index in [0.717, 1.165) is 5.69 Å². The van der Waals surface area contributed by atoms with Gasteiger partial charge in [-0.1, -0.05) is 23.2 Å². The smallest absolute Gasteiger partial charge is 0.305 e. The van der Waals surface area contributed by atoms with E-state index < -0.39 is 0 Å². The van der Waals surface area contributed by atoms with Crippen LogP contribution in [0, 0.1) is 0 Å². The van der Waals surface area contributed by atoms with Gasteiger partial charge in [-0.2, -0.15) is 0 Å². The summed E-state index contributed by atoms with van der Waals surface area (Å²) in [6, 6.07) is 1.81. The lowest BCUT2D eigenvalue weighted by Gasteiger charge is -2.12. The molecule has 6 nitrogen and oxygen atoms in total. The largest absolute Gasteiger partial charge is 0.466 e. The summed E-state index contributed by atoms with van der Waals surface area (Å²) < 4.78 is 6.68. The van der Waals surface area contributed by atoms with E-state index in [1.807, 2.05) is 17.7 Å². The molecule has 1 aromatic rings. The van der Waals surface area contributed by atoms with Crippen LogP contribution in [0.4, 0.5) is 0 Å². The summed E-state index contributed by atoms with van der Waals surface area (Å²) >= 11 is 12.0. The number of carbonyl (C=O) groups is 1. The molecule has 0 bridgehead atoms. The molecular formula is C14H22Cl2N4O2. The van der Waals surface area contributed by atoms with E-state index in [0.29, 0.717) is 48.7 Å². The van der Waals surface area contributed by atoms with Gasteiger partial charge in [-0.15, -0.1) is 0 Å². The fourth-order valence-corrected chi connectivity index (χ4v) is 2.24. The maximum absolute atomic E-state index is 11.2. The summed E-state index contributed by atoms with van der Waals surface area (Å²) in [6.07, 6.45) is 1.07. The predicted molar refractivity (Wildman–Crippen MR) is 89.5 cm³/mol. The second kappa shape index (κ2) is 9.58. The Morgan fingerprint density at radius 2 is 2.14 bits per heavy atom. The van der Waals surface area contributed by atoms with Crippen LogP contribution in [-0.4, -0.2) is 36.7 Å². The number of guanidine groups is 1. The van der Waals surface area contributed by atoms with E-state index in [9.17, 15) is 4.79 Å². The van der Waals surface area contributed by atoms with Crippen LogP contribution < -0.4 is 10.6 Å². The van der Waals surface area contributed by atoms with Crippen LogP contribution in [0.2, 0.25) is 10.2 Å². The second-order valence-corrected chi connectivity index (χ2v) is 5.36. The summed E-state index contributed by atoms with van der Waals surface area (Å²) in [5.74, 6) is 0.470. The quantitative estimate of drug-likeness (QED) is 0.343. The van der Waals surface area contributed by atoms with E-state index in [-0.39, 0.29) is 5.97 Å². The SMILES string of the molecule is CCOC(=O)CCCNC(=NC)NCc1cc(Cl)c(Cl)n1C. The van der Waals surface area contributed by atoms with Gasteiger partial charge in [0, 0.05) is 32.8 Å².